The van der Waals surface area contributed by atoms with Crippen molar-refractivity contribution in [2.24, 2.45) is 5.73 Å². The average Bonchev–Trinajstić information content (AvgIpc) is 3.09. The van der Waals surface area contributed by atoms with Crippen molar-refractivity contribution >= 4 is 21.4 Å². The van der Waals surface area contributed by atoms with Gasteiger partial charge in [-0.3, -0.25) is 0 Å². The summed E-state index contributed by atoms with van der Waals surface area (Å²) < 4.78 is 23.5. The van der Waals surface area contributed by atoms with Gasteiger partial charge in [-0.05, 0) is 30.5 Å². The summed E-state index contributed by atoms with van der Waals surface area (Å²) >= 11 is 6.06. The number of halogens is 1. The Morgan fingerprint density at radius 3 is 2.47 bits per heavy atom. The normalized spacial score (nSPS) is 18.1. The number of nitrogens with two attached hydrogens (primary N) is 1. The average molecular weight is 274 g/mol. The van der Waals surface area contributed by atoms with E-state index in [4.69, 9.17) is 17.3 Å². The van der Waals surface area contributed by atoms with Crippen LogP contribution in [0.25, 0.3) is 0 Å². The van der Waals surface area contributed by atoms with Gasteiger partial charge < -0.3 is 5.73 Å². The molecule has 1 saturated carbocycles. The van der Waals surface area contributed by atoms with E-state index in [0.717, 1.165) is 18.4 Å². The molecule has 0 aromatic heterocycles. The minimum atomic E-state index is -3.24. The van der Waals surface area contributed by atoms with Gasteiger partial charge in [0.1, 0.15) is 0 Å². The van der Waals surface area contributed by atoms with E-state index in [2.05, 4.69) is 0 Å². The molecule has 0 spiro atoms. The third kappa shape index (κ3) is 2.21. The highest BCUT2D eigenvalue weighted by Gasteiger charge is 2.43. The highest BCUT2D eigenvalue weighted by Crippen LogP contribution is 2.48. The summed E-state index contributed by atoms with van der Waals surface area (Å²) in [6.45, 7) is 2.20. The molecule has 17 heavy (non-hydrogen) atoms. The van der Waals surface area contributed by atoms with E-state index < -0.39 is 9.84 Å². The van der Waals surface area contributed by atoms with Crippen molar-refractivity contribution in [1.29, 1.82) is 0 Å². The van der Waals surface area contributed by atoms with Crippen LogP contribution in [0.3, 0.4) is 0 Å². The van der Waals surface area contributed by atoms with Gasteiger partial charge in [-0.25, -0.2) is 8.42 Å². The standard InChI is InChI=1S/C12H16ClNO2S/c1-2-17(15,16)11-4-3-9(7-10(11)13)12(8-14)5-6-12/h3-4,7H,2,5-6,8,14H2,1H3. The lowest BCUT2D eigenvalue weighted by Gasteiger charge is -2.14. The molecule has 0 atom stereocenters. The van der Waals surface area contributed by atoms with E-state index in [1.54, 1.807) is 19.1 Å². The number of rotatable bonds is 4. The second-order valence-electron chi connectivity index (χ2n) is 4.53. The molecule has 2 rings (SSSR count). The Morgan fingerprint density at radius 2 is 2.06 bits per heavy atom. The third-order valence-electron chi connectivity index (χ3n) is 3.50. The summed E-state index contributed by atoms with van der Waals surface area (Å²) in [4.78, 5) is 0.221. The molecule has 0 unspecified atom stereocenters. The van der Waals surface area contributed by atoms with Gasteiger partial charge in [0.25, 0.3) is 0 Å². The van der Waals surface area contributed by atoms with Gasteiger partial charge in [0, 0.05) is 12.0 Å². The molecule has 2 N–H and O–H groups in total. The summed E-state index contributed by atoms with van der Waals surface area (Å²) in [5, 5.41) is 0.309. The van der Waals surface area contributed by atoms with Crippen molar-refractivity contribution in [2.75, 3.05) is 12.3 Å². The van der Waals surface area contributed by atoms with Crippen LogP contribution in [0.2, 0.25) is 5.02 Å². The molecule has 1 aromatic rings. The number of sulfone groups is 1. The van der Waals surface area contributed by atoms with Crippen LogP contribution in [-0.2, 0) is 15.3 Å². The predicted molar refractivity (Wildman–Crippen MR) is 69.1 cm³/mol. The first-order valence-electron chi connectivity index (χ1n) is 5.68. The van der Waals surface area contributed by atoms with Crippen LogP contribution in [0.15, 0.2) is 23.1 Å². The van der Waals surface area contributed by atoms with Crippen LogP contribution < -0.4 is 5.73 Å². The summed E-state index contributed by atoms with van der Waals surface area (Å²) in [6, 6.07) is 5.20. The zero-order valence-electron chi connectivity index (χ0n) is 9.74. The van der Waals surface area contributed by atoms with Crippen LogP contribution >= 0.6 is 11.6 Å². The second kappa shape index (κ2) is 4.26. The Balaban J connectivity index is 2.43. The second-order valence-corrected chi connectivity index (χ2v) is 7.19. The highest BCUT2D eigenvalue weighted by molar-refractivity contribution is 7.91. The van der Waals surface area contributed by atoms with Gasteiger partial charge in [0.05, 0.1) is 15.7 Å². The van der Waals surface area contributed by atoms with Crippen molar-refractivity contribution in [1.82, 2.24) is 0 Å². The van der Waals surface area contributed by atoms with Gasteiger partial charge in [-0.1, -0.05) is 24.6 Å². The van der Waals surface area contributed by atoms with Gasteiger partial charge in [-0.15, -0.1) is 0 Å². The van der Waals surface area contributed by atoms with Crippen molar-refractivity contribution in [3.8, 4) is 0 Å². The molecule has 1 aromatic carbocycles. The zero-order chi connectivity index (χ0) is 12.7. The molecule has 0 bridgehead atoms. The van der Waals surface area contributed by atoms with Gasteiger partial charge in [0.2, 0.25) is 0 Å². The maximum absolute atomic E-state index is 11.8. The van der Waals surface area contributed by atoms with E-state index in [-0.39, 0.29) is 16.1 Å². The monoisotopic (exact) mass is 273 g/mol. The van der Waals surface area contributed by atoms with E-state index in [1.165, 1.54) is 0 Å². The first-order valence-corrected chi connectivity index (χ1v) is 7.71. The fraction of sp³-hybridized carbons (Fsp3) is 0.500. The predicted octanol–water partition coefficient (Wildman–Crippen LogP) is 2.12. The molecule has 0 aliphatic heterocycles. The lowest BCUT2D eigenvalue weighted by atomic mass is 9.96. The Kier molecular flexibility index (Phi) is 3.23. The molecule has 1 fully saturated rings. The molecule has 1 aliphatic carbocycles. The minimum absolute atomic E-state index is 0.0398. The van der Waals surface area contributed by atoms with E-state index in [9.17, 15) is 8.42 Å². The molecule has 1 aliphatic rings. The zero-order valence-corrected chi connectivity index (χ0v) is 11.3. The molecule has 94 valence electrons. The SMILES string of the molecule is CCS(=O)(=O)c1ccc(C2(CN)CC2)cc1Cl. The third-order valence-corrected chi connectivity index (χ3v) is 5.71. The number of benzene rings is 1. The summed E-state index contributed by atoms with van der Waals surface area (Å²) in [5.74, 6) is 0.0636. The van der Waals surface area contributed by atoms with Crippen LogP contribution in [0.1, 0.15) is 25.3 Å². The molecular formula is C12H16ClNO2S. The van der Waals surface area contributed by atoms with Crippen molar-refractivity contribution < 1.29 is 8.42 Å². The smallest absolute Gasteiger partial charge is 0.179 e. The minimum Gasteiger partial charge on any atom is -0.330 e. The highest BCUT2D eigenvalue weighted by atomic mass is 35.5. The lowest BCUT2D eigenvalue weighted by molar-refractivity contribution is 0.597. The van der Waals surface area contributed by atoms with Crippen molar-refractivity contribution in [3.63, 3.8) is 0 Å². The van der Waals surface area contributed by atoms with E-state index in [1.807, 2.05) is 6.07 Å². The molecule has 0 amide bonds. The van der Waals surface area contributed by atoms with Crippen LogP contribution in [0.4, 0.5) is 0 Å². The fourth-order valence-electron chi connectivity index (χ4n) is 2.00. The fourth-order valence-corrected chi connectivity index (χ4v) is 3.48. The topological polar surface area (TPSA) is 60.2 Å². The molecule has 5 heteroatoms. The first kappa shape index (κ1) is 12.9. The van der Waals surface area contributed by atoms with Gasteiger partial charge in [0.15, 0.2) is 9.84 Å². The van der Waals surface area contributed by atoms with Crippen LogP contribution in [0, 0.1) is 0 Å². The number of hydrogen-bond donors (Lipinski definition) is 1. The largest absolute Gasteiger partial charge is 0.330 e. The first-order chi connectivity index (χ1) is 7.95. The number of hydrogen-bond acceptors (Lipinski definition) is 3. The van der Waals surface area contributed by atoms with Crippen LogP contribution in [0.5, 0.6) is 0 Å². The summed E-state index contributed by atoms with van der Waals surface area (Å²) in [7, 11) is -3.24. The van der Waals surface area contributed by atoms with Gasteiger partial charge in [-0.2, -0.15) is 0 Å². The molecule has 0 heterocycles. The maximum Gasteiger partial charge on any atom is 0.179 e. The molecule has 0 radical (unpaired) electrons. The lowest BCUT2D eigenvalue weighted by Crippen LogP contribution is -2.19. The maximum atomic E-state index is 11.8. The summed E-state index contributed by atoms with van der Waals surface area (Å²) in [5.41, 5.74) is 6.84. The Labute approximate surface area is 107 Å². The molecular weight excluding hydrogens is 258 g/mol. The van der Waals surface area contributed by atoms with E-state index in [0.29, 0.717) is 11.6 Å². The van der Waals surface area contributed by atoms with Crippen LogP contribution in [-0.4, -0.2) is 20.7 Å². The van der Waals surface area contributed by atoms with Crippen molar-refractivity contribution in [2.45, 2.75) is 30.1 Å². The van der Waals surface area contributed by atoms with Crippen molar-refractivity contribution in [3.05, 3.63) is 28.8 Å². The molecule has 0 saturated heterocycles. The van der Waals surface area contributed by atoms with E-state index >= 15 is 0 Å². The Morgan fingerprint density at radius 1 is 1.41 bits per heavy atom. The summed E-state index contributed by atoms with van der Waals surface area (Å²) in [6.07, 6.45) is 2.11. The Bertz CT molecular complexity index is 535. The molecule has 3 nitrogen and oxygen atoms in total. The quantitative estimate of drug-likeness (QED) is 0.914. The van der Waals surface area contributed by atoms with Gasteiger partial charge >= 0.3 is 0 Å². The Hall–Kier alpha value is -0.580.